The molecule has 1 saturated carbocycles. The first kappa shape index (κ1) is 18.1. The number of carbonyl (C=O) groups is 1. The van der Waals surface area contributed by atoms with Crippen molar-refractivity contribution < 1.29 is 27.2 Å². The second kappa shape index (κ2) is 6.92. The molecule has 0 unspecified atom stereocenters. The van der Waals surface area contributed by atoms with Crippen LogP contribution in [-0.2, 0) is 0 Å². The van der Waals surface area contributed by atoms with Crippen LogP contribution in [0.1, 0.15) is 40.4 Å². The lowest BCUT2D eigenvalue weighted by molar-refractivity contribution is -0.153. The predicted molar refractivity (Wildman–Crippen MR) is 86.7 cm³/mol. The zero-order valence-electron chi connectivity index (χ0n) is 13.0. The van der Waals surface area contributed by atoms with Gasteiger partial charge in [-0.25, -0.2) is 0 Å². The molecule has 0 spiro atoms. The van der Waals surface area contributed by atoms with Gasteiger partial charge in [0.05, 0.1) is 27.2 Å². The molecule has 0 N–H and O–H groups in total. The maximum atomic E-state index is 12.9. The van der Waals surface area contributed by atoms with Crippen LogP contribution in [0.5, 0.6) is 5.75 Å². The van der Waals surface area contributed by atoms with Crippen molar-refractivity contribution in [1.29, 1.82) is 0 Å². The molecule has 1 aliphatic rings. The lowest BCUT2D eigenvalue weighted by Crippen LogP contribution is -2.20. The Hall–Kier alpha value is -1.67. The highest BCUT2D eigenvalue weighted by molar-refractivity contribution is 7.98. The van der Waals surface area contributed by atoms with Crippen molar-refractivity contribution >= 4 is 29.1 Å². The van der Waals surface area contributed by atoms with E-state index >= 15 is 0 Å². The van der Waals surface area contributed by atoms with Gasteiger partial charge in [-0.05, 0) is 31.2 Å². The Morgan fingerprint density at radius 3 is 2.72 bits per heavy atom. The molecule has 3 rings (SSSR count). The summed E-state index contributed by atoms with van der Waals surface area (Å²) in [7, 11) is 0. The maximum Gasteiger partial charge on any atom is 0.422 e. The molecule has 1 aliphatic carbocycles. The van der Waals surface area contributed by atoms with Crippen molar-refractivity contribution in [2.75, 3.05) is 12.9 Å². The average molecular weight is 392 g/mol. The molecule has 0 bridgehead atoms. The van der Waals surface area contributed by atoms with Gasteiger partial charge in [-0.2, -0.15) is 13.2 Å². The zero-order chi connectivity index (χ0) is 18.2. The van der Waals surface area contributed by atoms with Gasteiger partial charge in [0.1, 0.15) is 5.75 Å². The summed E-state index contributed by atoms with van der Waals surface area (Å²) in [5.41, 5.74) is 0.247. The summed E-state index contributed by atoms with van der Waals surface area (Å²) in [6.07, 6.45) is 0.184. The molecule has 9 heteroatoms. The number of alkyl halides is 3. The Morgan fingerprint density at radius 2 is 2.12 bits per heavy atom. The van der Waals surface area contributed by atoms with Crippen LogP contribution in [0.2, 0.25) is 5.02 Å². The summed E-state index contributed by atoms with van der Waals surface area (Å²) in [4.78, 5) is 13.2. The monoisotopic (exact) mass is 391 g/mol. The van der Waals surface area contributed by atoms with E-state index in [2.05, 4.69) is 5.16 Å². The van der Waals surface area contributed by atoms with Gasteiger partial charge in [-0.1, -0.05) is 16.8 Å². The molecular weight excluding hydrogens is 379 g/mol. The first-order chi connectivity index (χ1) is 11.8. The van der Waals surface area contributed by atoms with E-state index in [0.29, 0.717) is 5.76 Å². The first-order valence-electron chi connectivity index (χ1n) is 7.37. The number of rotatable bonds is 6. The van der Waals surface area contributed by atoms with E-state index in [9.17, 15) is 18.0 Å². The van der Waals surface area contributed by atoms with Crippen LogP contribution in [0.25, 0.3) is 0 Å². The SMILES string of the molecule is CSc1c(Cl)ccc(C(=O)c2cnoc2C2CC2)c1OCC(F)(F)F. The molecule has 0 saturated heterocycles. The summed E-state index contributed by atoms with van der Waals surface area (Å²) in [5, 5.41) is 3.87. The molecule has 134 valence electrons. The number of aromatic nitrogens is 1. The van der Waals surface area contributed by atoms with Crippen LogP contribution in [-0.4, -0.2) is 30.0 Å². The minimum Gasteiger partial charge on any atom is -0.482 e. The molecule has 1 aromatic heterocycles. The molecule has 2 aromatic rings. The number of benzene rings is 1. The van der Waals surface area contributed by atoms with Crippen LogP contribution in [0.15, 0.2) is 27.7 Å². The minimum atomic E-state index is -4.53. The van der Waals surface area contributed by atoms with E-state index in [-0.39, 0.29) is 32.7 Å². The molecule has 0 radical (unpaired) electrons. The number of nitrogens with zero attached hydrogens (tertiary/aromatic N) is 1. The van der Waals surface area contributed by atoms with Crippen LogP contribution >= 0.6 is 23.4 Å². The van der Waals surface area contributed by atoms with Crippen molar-refractivity contribution in [3.8, 4) is 5.75 Å². The maximum absolute atomic E-state index is 12.9. The molecule has 25 heavy (non-hydrogen) atoms. The van der Waals surface area contributed by atoms with Gasteiger partial charge in [0, 0.05) is 5.92 Å². The molecule has 0 amide bonds. The molecule has 4 nitrogen and oxygen atoms in total. The van der Waals surface area contributed by atoms with E-state index in [1.807, 2.05) is 0 Å². The summed E-state index contributed by atoms with van der Waals surface area (Å²) < 4.78 is 47.8. The normalized spacial score (nSPS) is 14.6. The zero-order valence-corrected chi connectivity index (χ0v) is 14.6. The van der Waals surface area contributed by atoms with Crippen molar-refractivity contribution in [2.24, 2.45) is 0 Å². The van der Waals surface area contributed by atoms with Gasteiger partial charge in [-0.3, -0.25) is 4.79 Å². The quantitative estimate of drug-likeness (QED) is 0.506. The number of hydrogen-bond acceptors (Lipinski definition) is 5. The average Bonchev–Trinajstić information content (AvgIpc) is 3.28. The summed E-state index contributed by atoms with van der Waals surface area (Å²) in [6, 6.07) is 2.82. The number of hydrogen-bond donors (Lipinski definition) is 0. The van der Waals surface area contributed by atoms with Crippen LogP contribution in [0, 0.1) is 0 Å². The largest absolute Gasteiger partial charge is 0.482 e. The highest BCUT2D eigenvalue weighted by Crippen LogP contribution is 2.44. The van der Waals surface area contributed by atoms with E-state index < -0.39 is 18.6 Å². The Bertz CT molecular complexity index is 802. The summed E-state index contributed by atoms with van der Waals surface area (Å²) in [5.74, 6) is -0.0710. The lowest BCUT2D eigenvalue weighted by Gasteiger charge is -2.16. The van der Waals surface area contributed by atoms with Crippen LogP contribution < -0.4 is 4.74 Å². The molecular formula is C16H13ClF3NO3S. The van der Waals surface area contributed by atoms with Crippen LogP contribution in [0.3, 0.4) is 0 Å². The molecule has 1 heterocycles. The molecule has 1 aromatic carbocycles. The van der Waals surface area contributed by atoms with E-state index in [4.69, 9.17) is 20.9 Å². The minimum absolute atomic E-state index is 0.00287. The van der Waals surface area contributed by atoms with Gasteiger partial charge >= 0.3 is 6.18 Å². The smallest absolute Gasteiger partial charge is 0.422 e. The van der Waals surface area contributed by atoms with Crippen molar-refractivity contribution in [1.82, 2.24) is 5.16 Å². The standard InChI is InChI=1S/C16H13ClF3NO3S/c1-25-15-11(17)5-4-9(14(15)23-7-16(18,19)20)12(22)10-6-21-24-13(10)8-2-3-8/h4-6,8H,2-3,7H2,1H3. The summed E-state index contributed by atoms with van der Waals surface area (Å²) in [6.45, 7) is -1.51. The third kappa shape index (κ3) is 3.95. The number of carbonyl (C=O) groups excluding carboxylic acids is 1. The third-order valence-electron chi connectivity index (χ3n) is 3.68. The Balaban J connectivity index is 2.02. The van der Waals surface area contributed by atoms with Gasteiger partial charge in [0.15, 0.2) is 12.4 Å². The first-order valence-corrected chi connectivity index (χ1v) is 8.97. The number of thioether (sulfide) groups is 1. The van der Waals surface area contributed by atoms with E-state index in [1.54, 1.807) is 6.26 Å². The lowest BCUT2D eigenvalue weighted by atomic mass is 10.0. The van der Waals surface area contributed by atoms with E-state index in [0.717, 1.165) is 24.6 Å². The predicted octanol–water partition coefficient (Wildman–Crippen LogP) is 5.10. The Kier molecular flexibility index (Phi) is 5.02. The fraction of sp³-hybridized carbons (Fsp3) is 0.375. The van der Waals surface area contributed by atoms with Crippen molar-refractivity contribution in [3.63, 3.8) is 0 Å². The molecule has 1 fully saturated rings. The molecule has 0 atom stereocenters. The van der Waals surface area contributed by atoms with Crippen LogP contribution in [0.4, 0.5) is 13.2 Å². The van der Waals surface area contributed by atoms with Crippen molar-refractivity contribution in [3.05, 3.63) is 40.2 Å². The topological polar surface area (TPSA) is 52.3 Å². The number of ether oxygens (including phenoxy) is 1. The Labute approximate surface area is 150 Å². The van der Waals surface area contributed by atoms with Gasteiger partial charge in [0.25, 0.3) is 0 Å². The van der Waals surface area contributed by atoms with Gasteiger partial charge in [0.2, 0.25) is 5.78 Å². The number of ketones is 1. The van der Waals surface area contributed by atoms with Gasteiger partial charge in [-0.15, -0.1) is 11.8 Å². The van der Waals surface area contributed by atoms with Gasteiger partial charge < -0.3 is 9.26 Å². The second-order valence-electron chi connectivity index (χ2n) is 5.57. The number of halogens is 4. The highest BCUT2D eigenvalue weighted by Gasteiger charge is 2.35. The van der Waals surface area contributed by atoms with E-state index in [1.165, 1.54) is 18.3 Å². The summed E-state index contributed by atoms with van der Waals surface area (Å²) >= 11 is 7.16. The third-order valence-corrected chi connectivity index (χ3v) is 4.92. The second-order valence-corrected chi connectivity index (χ2v) is 6.79. The molecule has 0 aliphatic heterocycles. The highest BCUT2D eigenvalue weighted by atomic mass is 35.5. The fourth-order valence-electron chi connectivity index (χ4n) is 2.41. The Morgan fingerprint density at radius 1 is 1.40 bits per heavy atom. The fourth-order valence-corrected chi connectivity index (χ4v) is 3.41. The van der Waals surface area contributed by atoms with Crippen molar-refractivity contribution in [2.45, 2.75) is 29.8 Å².